The van der Waals surface area contributed by atoms with Crippen molar-refractivity contribution in [3.63, 3.8) is 0 Å². The summed E-state index contributed by atoms with van der Waals surface area (Å²) in [6, 6.07) is 5.55. The molecule has 1 aromatic heterocycles. The van der Waals surface area contributed by atoms with Gasteiger partial charge >= 0.3 is 5.97 Å². The number of aliphatic carboxylic acids is 1. The highest BCUT2D eigenvalue weighted by atomic mass is 32.2. The minimum absolute atomic E-state index is 0.119. The number of likely N-dealkylation sites (tertiary alicyclic amines) is 1. The molecule has 7 heteroatoms. The van der Waals surface area contributed by atoms with E-state index in [1.165, 1.54) is 25.7 Å². The third-order valence-electron chi connectivity index (χ3n) is 8.06. The number of alkyl halides is 1. The van der Waals surface area contributed by atoms with Crippen molar-refractivity contribution >= 4 is 28.6 Å². The van der Waals surface area contributed by atoms with E-state index in [1.807, 2.05) is 25.1 Å². The van der Waals surface area contributed by atoms with Crippen molar-refractivity contribution in [2.75, 3.05) is 32.5 Å². The zero-order valence-electron chi connectivity index (χ0n) is 21.1. The van der Waals surface area contributed by atoms with Crippen molar-refractivity contribution in [2.45, 2.75) is 76.1 Å². The number of halogens is 1. The number of rotatable bonds is 11. The molecule has 1 aromatic carbocycles. The van der Waals surface area contributed by atoms with Gasteiger partial charge in [-0.15, -0.1) is 0 Å². The van der Waals surface area contributed by atoms with Crippen LogP contribution in [0.2, 0.25) is 0 Å². The van der Waals surface area contributed by atoms with Crippen LogP contribution in [0.5, 0.6) is 5.75 Å². The number of hydrogen-bond donors (Lipinski definition) is 1. The van der Waals surface area contributed by atoms with E-state index in [0.29, 0.717) is 24.2 Å². The summed E-state index contributed by atoms with van der Waals surface area (Å²) in [4.78, 5) is 18.7. The number of aromatic nitrogens is 1. The summed E-state index contributed by atoms with van der Waals surface area (Å²) in [5.74, 6) is 1.06. The lowest BCUT2D eigenvalue weighted by Gasteiger charge is -2.41. The Labute approximate surface area is 212 Å². The number of thioether (sulfide) groups is 1. The van der Waals surface area contributed by atoms with E-state index in [0.717, 1.165) is 59.9 Å². The Bertz CT molecular complexity index is 1000. The molecule has 2 aliphatic rings. The molecule has 1 atom stereocenters. The van der Waals surface area contributed by atoms with Crippen LogP contribution in [-0.2, 0) is 4.79 Å². The van der Waals surface area contributed by atoms with E-state index in [2.05, 4.69) is 21.6 Å². The van der Waals surface area contributed by atoms with Gasteiger partial charge in [-0.25, -0.2) is 4.39 Å². The maximum atomic E-state index is 15.8. The zero-order chi connectivity index (χ0) is 24.8. The highest BCUT2D eigenvalue weighted by Gasteiger charge is 2.37. The van der Waals surface area contributed by atoms with Crippen LogP contribution in [-0.4, -0.2) is 58.7 Å². The van der Waals surface area contributed by atoms with Crippen LogP contribution < -0.4 is 4.74 Å². The number of carbonyl (C=O) groups is 1. The molecular weight excluding hydrogens is 463 g/mol. The summed E-state index contributed by atoms with van der Waals surface area (Å²) in [5, 5.41) is 11.3. The molecule has 0 bridgehead atoms. The van der Waals surface area contributed by atoms with Gasteiger partial charge in [-0.1, -0.05) is 12.8 Å². The van der Waals surface area contributed by atoms with Crippen molar-refractivity contribution < 1.29 is 19.0 Å². The molecule has 1 saturated heterocycles. The number of fused-ring (bicyclic) bond motifs is 1. The molecule has 2 heterocycles. The van der Waals surface area contributed by atoms with Gasteiger partial charge in [0.2, 0.25) is 0 Å². The van der Waals surface area contributed by atoms with E-state index in [1.54, 1.807) is 13.3 Å². The first-order valence-corrected chi connectivity index (χ1v) is 14.1. The summed E-state index contributed by atoms with van der Waals surface area (Å²) < 4.78 is 21.1. The molecule has 0 amide bonds. The van der Waals surface area contributed by atoms with Gasteiger partial charge in [0.15, 0.2) is 0 Å². The van der Waals surface area contributed by atoms with Gasteiger partial charge in [-0.2, -0.15) is 11.8 Å². The number of piperidine rings is 1. The van der Waals surface area contributed by atoms with Crippen molar-refractivity contribution in [3.05, 3.63) is 35.5 Å². The molecule has 2 aromatic rings. The summed E-state index contributed by atoms with van der Waals surface area (Å²) in [7, 11) is 1.60. The molecule has 0 radical (unpaired) electrons. The summed E-state index contributed by atoms with van der Waals surface area (Å²) >= 11 is 2.11. The summed E-state index contributed by atoms with van der Waals surface area (Å²) in [6.45, 7) is 4.77. The van der Waals surface area contributed by atoms with Gasteiger partial charge < -0.3 is 14.7 Å². The summed E-state index contributed by atoms with van der Waals surface area (Å²) in [5.41, 5.74) is 1.89. The molecule has 4 rings (SSSR count). The third-order valence-corrected chi connectivity index (χ3v) is 9.42. The standard InChI is InChI=1S/C28H39FN2O3S/c1-20-19-30-25-8-7-21(34-2)17-23(25)27(20)24(29)9-10-28(18-26(32)33)11-13-31(14-12-28)15-16-35-22-5-3-4-6-22/h7-8,17,19,22,24H,3-6,9-16,18H2,1-2H3,(H,32,33). The molecular formula is C28H39FN2O3S. The molecule has 1 aliphatic heterocycles. The van der Waals surface area contributed by atoms with Crippen LogP contribution in [0.4, 0.5) is 4.39 Å². The molecule has 1 aliphatic carbocycles. The Kier molecular flexibility index (Phi) is 8.92. The SMILES string of the molecule is COc1ccc2ncc(C)c(C(F)CCC3(CC(=O)O)CCN(CCSC4CCCC4)CC3)c2c1. The van der Waals surface area contributed by atoms with E-state index in [4.69, 9.17) is 4.74 Å². The average molecular weight is 503 g/mol. The Morgan fingerprint density at radius 3 is 2.74 bits per heavy atom. The minimum Gasteiger partial charge on any atom is -0.497 e. The van der Waals surface area contributed by atoms with E-state index in [9.17, 15) is 9.90 Å². The molecule has 0 spiro atoms. The second kappa shape index (κ2) is 11.9. The lowest BCUT2D eigenvalue weighted by Crippen LogP contribution is -2.42. The molecule has 35 heavy (non-hydrogen) atoms. The number of benzene rings is 1. The predicted octanol–water partition coefficient (Wildman–Crippen LogP) is 6.58. The highest BCUT2D eigenvalue weighted by molar-refractivity contribution is 7.99. The largest absolute Gasteiger partial charge is 0.497 e. The van der Waals surface area contributed by atoms with Gasteiger partial charge in [0.25, 0.3) is 0 Å². The Morgan fingerprint density at radius 1 is 1.31 bits per heavy atom. The minimum atomic E-state index is -1.17. The maximum Gasteiger partial charge on any atom is 0.303 e. The van der Waals surface area contributed by atoms with Crippen molar-refractivity contribution in [3.8, 4) is 5.75 Å². The van der Waals surface area contributed by atoms with Crippen LogP contribution in [0.3, 0.4) is 0 Å². The second-order valence-corrected chi connectivity index (χ2v) is 11.8. The number of hydrogen-bond acceptors (Lipinski definition) is 5. The smallest absolute Gasteiger partial charge is 0.303 e. The van der Waals surface area contributed by atoms with E-state index in [-0.39, 0.29) is 11.8 Å². The van der Waals surface area contributed by atoms with Crippen LogP contribution >= 0.6 is 11.8 Å². The fourth-order valence-electron chi connectivity index (χ4n) is 5.90. The van der Waals surface area contributed by atoms with Gasteiger partial charge in [-0.05, 0) is 93.3 Å². The molecule has 1 saturated carbocycles. The number of carboxylic acids is 1. The fourth-order valence-corrected chi connectivity index (χ4v) is 7.27. The lowest BCUT2D eigenvalue weighted by atomic mass is 9.71. The number of aryl methyl sites for hydroxylation is 1. The molecule has 1 unspecified atom stereocenters. The van der Waals surface area contributed by atoms with Gasteiger partial charge in [-0.3, -0.25) is 9.78 Å². The topological polar surface area (TPSA) is 62.7 Å². The Morgan fingerprint density at radius 2 is 2.06 bits per heavy atom. The second-order valence-electron chi connectivity index (χ2n) is 10.4. The Hall–Kier alpha value is -1.86. The van der Waals surface area contributed by atoms with Crippen LogP contribution in [0.25, 0.3) is 10.9 Å². The predicted molar refractivity (Wildman–Crippen MR) is 141 cm³/mol. The zero-order valence-corrected chi connectivity index (χ0v) is 21.9. The molecule has 192 valence electrons. The van der Waals surface area contributed by atoms with Crippen molar-refractivity contribution in [1.82, 2.24) is 9.88 Å². The number of carboxylic acid groups (broad SMARTS) is 1. The average Bonchev–Trinajstić information content (AvgIpc) is 3.36. The van der Waals surface area contributed by atoms with Crippen molar-refractivity contribution in [2.24, 2.45) is 5.41 Å². The lowest BCUT2D eigenvalue weighted by molar-refractivity contribution is -0.141. The van der Waals surface area contributed by atoms with E-state index < -0.39 is 12.1 Å². The van der Waals surface area contributed by atoms with Crippen molar-refractivity contribution in [1.29, 1.82) is 0 Å². The monoisotopic (exact) mass is 502 g/mol. The van der Waals surface area contributed by atoms with Crippen LogP contribution in [0.1, 0.15) is 75.1 Å². The number of nitrogens with zero attached hydrogens (tertiary/aromatic N) is 2. The van der Waals surface area contributed by atoms with Gasteiger partial charge in [0, 0.05) is 29.1 Å². The number of pyridine rings is 1. The highest BCUT2D eigenvalue weighted by Crippen LogP contribution is 2.43. The van der Waals surface area contributed by atoms with E-state index >= 15 is 4.39 Å². The van der Waals surface area contributed by atoms with Gasteiger partial charge in [0.1, 0.15) is 11.9 Å². The fraction of sp³-hybridized carbons (Fsp3) is 0.643. The first-order chi connectivity index (χ1) is 16.9. The van der Waals surface area contributed by atoms with Gasteiger partial charge in [0.05, 0.1) is 19.0 Å². The first-order valence-electron chi connectivity index (χ1n) is 13.0. The summed E-state index contributed by atoms with van der Waals surface area (Å²) in [6.07, 6.45) is 8.69. The van der Waals surface area contributed by atoms with Crippen LogP contribution in [0, 0.1) is 12.3 Å². The molecule has 5 nitrogen and oxygen atoms in total. The number of methoxy groups -OCH3 is 1. The van der Waals surface area contributed by atoms with Crippen LogP contribution in [0.15, 0.2) is 24.4 Å². The quantitative estimate of drug-likeness (QED) is 0.375. The maximum absolute atomic E-state index is 15.8. The first kappa shape index (κ1) is 26.2. The molecule has 2 fully saturated rings. The normalized spacial score (nSPS) is 19.7. The molecule has 1 N–H and O–H groups in total. The Balaban J connectivity index is 1.39. The third kappa shape index (κ3) is 6.67. The number of ether oxygens (including phenoxy) is 1.